The molecule has 0 saturated carbocycles. The molecule has 0 fully saturated rings. The molecule has 0 atom stereocenters. The Morgan fingerprint density at radius 3 is 2.92 bits per heavy atom. The molecular formula is C10H16N2O. The molecule has 0 aliphatic rings. The molecule has 0 amide bonds. The number of hydrogen-bond acceptors (Lipinski definition) is 3. The first-order chi connectivity index (χ1) is 6.36. The Morgan fingerprint density at radius 1 is 1.38 bits per heavy atom. The number of pyridine rings is 1. The summed E-state index contributed by atoms with van der Waals surface area (Å²) >= 11 is 0. The summed E-state index contributed by atoms with van der Waals surface area (Å²) in [5.41, 5.74) is 1.16. The van der Waals surface area contributed by atoms with Crippen LogP contribution in [0.25, 0.3) is 0 Å². The number of nitrogens with one attached hydrogen (secondary N) is 1. The molecule has 1 heterocycles. The van der Waals surface area contributed by atoms with Crippen molar-refractivity contribution in [2.45, 2.75) is 20.4 Å². The van der Waals surface area contributed by atoms with E-state index < -0.39 is 0 Å². The van der Waals surface area contributed by atoms with E-state index in [9.17, 15) is 0 Å². The first-order valence-corrected chi connectivity index (χ1v) is 4.64. The van der Waals surface area contributed by atoms with Crippen molar-refractivity contribution in [3.8, 4) is 5.75 Å². The number of rotatable bonds is 5. The second-order valence-corrected chi connectivity index (χ2v) is 2.74. The van der Waals surface area contributed by atoms with Gasteiger partial charge in [0.25, 0.3) is 0 Å². The standard InChI is InChI=1S/C10H16N2O/c1-3-11-6-9-5-10(13-4-2)8-12-7-9/h5,7-8,11H,3-4,6H2,1-2H3. The van der Waals surface area contributed by atoms with Crippen LogP contribution in [0.3, 0.4) is 0 Å². The van der Waals surface area contributed by atoms with Crippen molar-refractivity contribution in [1.29, 1.82) is 0 Å². The minimum absolute atomic E-state index is 0.687. The molecule has 0 bridgehead atoms. The Labute approximate surface area is 79.1 Å². The number of aromatic nitrogens is 1. The number of nitrogens with zero attached hydrogens (tertiary/aromatic N) is 1. The van der Waals surface area contributed by atoms with Gasteiger partial charge >= 0.3 is 0 Å². The van der Waals surface area contributed by atoms with E-state index in [1.807, 2.05) is 19.2 Å². The van der Waals surface area contributed by atoms with Crippen LogP contribution in [-0.2, 0) is 6.54 Å². The van der Waals surface area contributed by atoms with Crippen LogP contribution in [0.15, 0.2) is 18.5 Å². The van der Waals surface area contributed by atoms with Gasteiger partial charge in [-0.3, -0.25) is 4.98 Å². The number of hydrogen-bond donors (Lipinski definition) is 1. The highest BCUT2D eigenvalue weighted by molar-refractivity contribution is 5.23. The van der Waals surface area contributed by atoms with Crippen LogP contribution in [0.5, 0.6) is 5.75 Å². The zero-order chi connectivity index (χ0) is 9.52. The molecule has 1 rings (SSSR count). The summed E-state index contributed by atoms with van der Waals surface area (Å²) in [6.07, 6.45) is 3.59. The molecule has 3 heteroatoms. The van der Waals surface area contributed by atoms with Crippen LogP contribution in [0.2, 0.25) is 0 Å². The molecule has 0 spiro atoms. The number of ether oxygens (including phenoxy) is 1. The zero-order valence-electron chi connectivity index (χ0n) is 8.21. The lowest BCUT2D eigenvalue weighted by Gasteiger charge is -2.05. The van der Waals surface area contributed by atoms with Crippen LogP contribution < -0.4 is 10.1 Å². The summed E-state index contributed by atoms with van der Waals surface area (Å²) in [6.45, 7) is 6.56. The van der Waals surface area contributed by atoms with E-state index in [0.717, 1.165) is 24.4 Å². The van der Waals surface area contributed by atoms with Gasteiger partial charge in [-0.2, -0.15) is 0 Å². The van der Waals surface area contributed by atoms with E-state index in [-0.39, 0.29) is 0 Å². The van der Waals surface area contributed by atoms with Crippen LogP contribution in [-0.4, -0.2) is 18.1 Å². The van der Waals surface area contributed by atoms with E-state index in [2.05, 4.69) is 17.2 Å². The van der Waals surface area contributed by atoms with Gasteiger partial charge < -0.3 is 10.1 Å². The predicted octanol–water partition coefficient (Wildman–Crippen LogP) is 1.59. The maximum absolute atomic E-state index is 5.34. The van der Waals surface area contributed by atoms with E-state index in [1.54, 1.807) is 6.20 Å². The molecule has 0 aliphatic heterocycles. The molecule has 1 N–H and O–H groups in total. The van der Waals surface area contributed by atoms with Gasteiger partial charge in [0.1, 0.15) is 5.75 Å². The fraction of sp³-hybridized carbons (Fsp3) is 0.500. The van der Waals surface area contributed by atoms with Gasteiger partial charge in [-0.1, -0.05) is 6.92 Å². The molecule has 0 unspecified atom stereocenters. The smallest absolute Gasteiger partial charge is 0.137 e. The van der Waals surface area contributed by atoms with Crippen molar-refractivity contribution >= 4 is 0 Å². The Bertz CT molecular complexity index is 250. The second kappa shape index (κ2) is 5.54. The van der Waals surface area contributed by atoms with E-state index in [4.69, 9.17) is 4.74 Å². The molecule has 13 heavy (non-hydrogen) atoms. The molecule has 1 aromatic rings. The second-order valence-electron chi connectivity index (χ2n) is 2.74. The fourth-order valence-electron chi connectivity index (χ4n) is 1.08. The van der Waals surface area contributed by atoms with Gasteiger partial charge in [-0.15, -0.1) is 0 Å². The fourth-order valence-corrected chi connectivity index (χ4v) is 1.08. The lowest BCUT2D eigenvalue weighted by atomic mass is 10.3. The minimum Gasteiger partial charge on any atom is -0.492 e. The topological polar surface area (TPSA) is 34.2 Å². The van der Waals surface area contributed by atoms with Crippen LogP contribution in [0.1, 0.15) is 19.4 Å². The van der Waals surface area contributed by atoms with Crippen molar-refractivity contribution in [2.75, 3.05) is 13.2 Å². The van der Waals surface area contributed by atoms with Gasteiger partial charge in [-0.25, -0.2) is 0 Å². The first kappa shape index (κ1) is 9.99. The largest absolute Gasteiger partial charge is 0.492 e. The Hall–Kier alpha value is -1.09. The van der Waals surface area contributed by atoms with Crippen LogP contribution in [0.4, 0.5) is 0 Å². The van der Waals surface area contributed by atoms with Gasteiger partial charge in [0, 0.05) is 12.7 Å². The Kier molecular flexibility index (Phi) is 4.26. The first-order valence-electron chi connectivity index (χ1n) is 4.64. The van der Waals surface area contributed by atoms with Crippen molar-refractivity contribution in [2.24, 2.45) is 0 Å². The van der Waals surface area contributed by atoms with E-state index in [1.165, 1.54) is 0 Å². The highest BCUT2D eigenvalue weighted by Gasteiger charge is 1.95. The Morgan fingerprint density at radius 2 is 2.23 bits per heavy atom. The molecule has 1 aromatic heterocycles. The highest BCUT2D eigenvalue weighted by Crippen LogP contribution is 2.10. The third kappa shape index (κ3) is 3.42. The Balaban J connectivity index is 2.56. The summed E-state index contributed by atoms with van der Waals surface area (Å²) in [4.78, 5) is 4.09. The molecular weight excluding hydrogens is 164 g/mol. The summed E-state index contributed by atoms with van der Waals surface area (Å²) in [7, 11) is 0. The van der Waals surface area contributed by atoms with Crippen molar-refractivity contribution < 1.29 is 4.74 Å². The summed E-state index contributed by atoms with van der Waals surface area (Å²) in [5.74, 6) is 0.845. The van der Waals surface area contributed by atoms with Gasteiger partial charge in [0.15, 0.2) is 0 Å². The third-order valence-electron chi connectivity index (χ3n) is 1.66. The average Bonchev–Trinajstić information content (AvgIpc) is 2.16. The van der Waals surface area contributed by atoms with Crippen molar-refractivity contribution in [3.63, 3.8) is 0 Å². The van der Waals surface area contributed by atoms with Crippen LogP contribution in [0, 0.1) is 0 Å². The highest BCUT2D eigenvalue weighted by atomic mass is 16.5. The maximum atomic E-state index is 5.34. The van der Waals surface area contributed by atoms with Gasteiger partial charge in [-0.05, 0) is 25.1 Å². The molecule has 0 saturated heterocycles. The molecule has 0 aromatic carbocycles. The third-order valence-corrected chi connectivity index (χ3v) is 1.66. The molecule has 72 valence electrons. The molecule has 0 radical (unpaired) electrons. The van der Waals surface area contributed by atoms with Crippen molar-refractivity contribution in [3.05, 3.63) is 24.0 Å². The maximum Gasteiger partial charge on any atom is 0.137 e. The summed E-state index contributed by atoms with van der Waals surface area (Å²) in [6, 6.07) is 2.01. The normalized spacial score (nSPS) is 10.0. The lowest BCUT2D eigenvalue weighted by Crippen LogP contribution is -2.11. The molecule has 0 aliphatic carbocycles. The minimum atomic E-state index is 0.687. The monoisotopic (exact) mass is 180 g/mol. The van der Waals surface area contributed by atoms with E-state index in [0.29, 0.717) is 6.61 Å². The quantitative estimate of drug-likeness (QED) is 0.747. The summed E-state index contributed by atoms with van der Waals surface area (Å²) < 4.78 is 5.34. The predicted molar refractivity (Wildman–Crippen MR) is 52.8 cm³/mol. The summed E-state index contributed by atoms with van der Waals surface area (Å²) in [5, 5.41) is 3.24. The van der Waals surface area contributed by atoms with Gasteiger partial charge in [0.05, 0.1) is 12.8 Å². The van der Waals surface area contributed by atoms with Crippen molar-refractivity contribution in [1.82, 2.24) is 10.3 Å². The lowest BCUT2D eigenvalue weighted by molar-refractivity contribution is 0.338. The van der Waals surface area contributed by atoms with Crippen LogP contribution >= 0.6 is 0 Å². The van der Waals surface area contributed by atoms with Gasteiger partial charge in [0.2, 0.25) is 0 Å². The average molecular weight is 180 g/mol. The SMILES string of the molecule is CCNCc1cncc(OCC)c1. The molecule has 3 nitrogen and oxygen atoms in total. The van der Waals surface area contributed by atoms with E-state index >= 15 is 0 Å². The zero-order valence-corrected chi connectivity index (χ0v) is 8.21.